The van der Waals surface area contributed by atoms with Crippen molar-refractivity contribution in [2.75, 3.05) is 45.4 Å². The van der Waals surface area contributed by atoms with Gasteiger partial charge in [-0.1, -0.05) is 0 Å². The van der Waals surface area contributed by atoms with Crippen molar-refractivity contribution >= 4 is 34.1 Å². The lowest BCUT2D eigenvalue weighted by Gasteiger charge is -2.13. The number of rotatable bonds is 12. The second-order valence-electron chi connectivity index (χ2n) is 7.57. The predicted octanol–water partition coefficient (Wildman–Crippen LogP) is 2.96. The molecule has 0 fully saturated rings. The lowest BCUT2D eigenvalue weighted by Crippen LogP contribution is -2.29. The second kappa shape index (κ2) is 13.0. The van der Waals surface area contributed by atoms with Crippen LogP contribution in [0.25, 0.3) is 0 Å². The zero-order chi connectivity index (χ0) is 24.3. The van der Waals surface area contributed by atoms with E-state index in [4.69, 9.17) is 18.9 Å². The molecule has 0 aliphatic heterocycles. The molecule has 0 atom stereocenters. The summed E-state index contributed by atoms with van der Waals surface area (Å²) in [5, 5.41) is 6.05. The predicted molar refractivity (Wildman–Crippen MR) is 128 cm³/mol. The maximum Gasteiger partial charge on any atom is 0.344 e. The number of amides is 2. The first-order valence-corrected chi connectivity index (χ1v) is 12.1. The molecule has 1 heterocycles. The molecule has 1 aromatic heterocycles. The number of anilines is 1. The minimum absolute atomic E-state index is 0.243. The lowest BCUT2D eigenvalue weighted by molar-refractivity contribution is -0.149. The average Bonchev–Trinajstić information content (AvgIpc) is 3.20. The normalized spacial score (nSPS) is 12.4. The molecule has 1 aromatic carbocycles. The van der Waals surface area contributed by atoms with Crippen molar-refractivity contribution in [2.24, 2.45) is 0 Å². The minimum Gasteiger partial charge on any atom is -0.494 e. The molecule has 2 N–H and O–H groups in total. The van der Waals surface area contributed by atoms with Gasteiger partial charge in [0, 0.05) is 18.5 Å². The van der Waals surface area contributed by atoms with Gasteiger partial charge in [-0.2, -0.15) is 0 Å². The van der Waals surface area contributed by atoms with Gasteiger partial charge >= 0.3 is 5.97 Å². The first-order valence-electron chi connectivity index (χ1n) is 11.2. The Morgan fingerprint density at radius 2 is 1.71 bits per heavy atom. The highest BCUT2D eigenvalue weighted by atomic mass is 32.1. The molecular weight excluding hydrogens is 460 g/mol. The van der Waals surface area contributed by atoms with Crippen LogP contribution >= 0.6 is 11.3 Å². The molecule has 2 aromatic rings. The summed E-state index contributed by atoms with van der Waals surface area (Å²) < 4.78 is 20.8. The molecule has 3 rings (SSSR count). The number of fused-ring (bicyclic) bond motifs is 1. The molecular formula is C24H30N2O7S. The number of ether oxygens (including phenoxy) is 4. The fourth-order valence-corrected chi connectivity index (χ4v) is 4.84. The van der Waals surface area contributed by atoms with Crippen LogP contribution in [-0.4, -0.2) is 57.9 Å². The molecule has 0 spiro atoms. The van der Waals surface area contributed by atoms with Crippen LogP contribution in [0.2, 0.25) is 0 Å². The summed E-state index contributed by atoms with van der Waals surface area (Å²) in [6.45, 7) is 2.42. The number of benzene rings is 1. The third-order valence-corrected chi connectivity index (χ3v) is 6.31. The lowest BCUT2D eigenvalue weighted by atomic mass is 9.95. The number of hydrogen-bond donors (Lipinski definition) is 2. The van der Waals surface area contributed by atoms with Crippen molar-refractivity contribution in [3.8, 4) is 11.5 Å². The summed E-state index contributed by atoms with van der Waals surface area (Å²) in [6, 6.07) is 6.84. The third kappa shape index (κ3) is 7.19. The Balaban J connectivity index is 1.52. The van der Waals surface area contributed by atoms with E-state index in [2.05, 4.69) is 10.6 Å². The summed E-state index contributed by atoms with van der Waals surface area (Å²) in [6.07, 6.45) is 3.73. The first-order chi connectivity index (χ1) is 16.5. The van der Waals surface area contributed by atoms with Gasteiger partial charge in [-0.3, -0.25) is 9.59 Å². The van der Waals surface area contributed by atoms with Crippen LogP contribution < -0.4 is 20.1 Å². The molecule has 0 radical (unpaired) electrons. The standard InChI is InChI=1S/C24H30N2O7S/c1-3-31-16-8-10-17(11-9-16)32-15-21(28)33-14-20(27)26-24-22(23(29)25-12-13-30-2)18-6-4-5-7-19(18)34-24/h8-11H,3-7,12-15H2,1-2H3,(H,25,29)(H,26,27). The van der Waals surface area contributed by atoms with Crippen LogP contribution in [0.3, 0.4) is 0 Å². The van der Waals surface area contributed by atoms with E-state index in [1.165, 1.54) is 11.3 Å². The molecule has 0 saturated carbocycles. The fourth-order valence-electron chi connectivity index (χ4n) is 3.54. The largest absolute Gasteiger partial charge is 0.494 e. The van der Waals surface area contributed by atoms with Gasteiger partial charge in [-0.05, 0) is 62.4 Å². The number of thiophene rings is 1. The molecule has 184 valence electrons. The summed E-state index contributed by atoms with van der Waals surface area (Å²) in [5.74, 6) is -0.243. The van der Waals surface area contributed by atoms with Crippen molar-refractivity contribution in [1.82, 2.24) is 5.32 Å². The number of carbonyl (C=O) groups excluding carboxylic acids is 3. The van der Waals surface area contributed by atoms with Crippen molar-refractivity contribution < 1.29 is 33.3 Å². The topological polar surface area (TPSA) is 112 Å². The average molecular weight is 491 g/mol. The van der Waals surface area contributed by atoms with Gasteiger partial charge in [0.25, 0.3) is 11.8 Å². The van der Waals surface area contributed by atoms with Crippen molar-refractivity contribution in [3.63, 3.8) is 0 Å². The minimum atomic E-state index is -0.674. The molecule has 0 saturated heterocycles. The summed E-state index contributed by atoms with van der Waals surface area (Å²) in [4.78, 5) is 38.3. The summed E-state index contributed by atoms with van der Waals surface area (Å²) >= 11 is 1.40. The quantitative estimate of drug-likeness (QED) is 0.347. The monoisotopic (exact) mass is 490 g/mol. The maximum atomic E-state index is 12.8. The highest BCUT2D eigenvalue weighted by Gasteiger charge is 2.26. The van der Waals surface area contributed by atoms with Gasteiger partial charge in [0.05, 0.1) is 18.8 Å². The van der Waals surface area contributed by atoms with E-state index in [9.17, 15) is 14.4 Å². The van der Waals surface area contributed by atoms with Gasteiger partial charge in [0.15, 0.2) is 13.2 Å². The molecule has 0 unspecified atom stereocenters. The van der Waals surface area contributed by atoms with Gasteiger partial charge in [0.1, 0.15) is 16.5 Å². The molecule has 10 heteroatoms. The van der Waals surface area contributed by atoms with E-state index >= 15 is 0 Å². The Labute approximate surface area is 202 Å². The highest BCUT2D eigenvalue weighted by molar-refractivity contribution is 7.17. The first kappa shape index (κ1) is 25.5. The number of aryl methyl sites for hydroxylation is 1. The number of esters is 1. The van der Waals surface area contributed by atoms with Crippen LogP contribution in [-0.2, 0) is 31.9 Å². The van der Waals surface area contributed by atoms with Gasteiger partial charge in [-0.25, -0.2) is 4.79 Å². The Morgan fingerprint density at radius 3 is 2.41 bits per heavy atom. The molecule has 1 aliphatic carbocycles. The Hall–Kier alpha value is -3.11. The molecule has 2 amide bonds. The zero-order valence-electron chi connectivity index (χ0n) is 19.4. The molecule has 0 bridgehead atoms. The van der Waals surface area contributed by atoms with E-state index < -0.39 is 18.5 Å². The van der Waals surface area contributed by atoms with Crippen LogP contribution in [0.15, 0.2) is 24.3 Å². The zero-order valence-corrected chi connectivity index (χ0v) is 20.3. The van der Waals surface area contributed by atoms with Crippen molar-refractivity contribution in [1.29, 1.82) is 0 Å². The van der Waals surface area contributed by atoms with Crippen LogP contribution in [0.4, 0.5) is 5.00 Å². The molecule has 9 nitrogen and oxygen atoms in total. The van der Waals surface area contributed by atoms with E-state index in [1.54, 1.807) is 31.4 Å². The van der Waals surface area contributed by atoms with Crippen LogP contribution in [0.1, 0.15) is 40.6 Å². The second-order valence-corrected chi connectivity index (χ2v) is 8.67. The number of nitrogens with one attached hydrogen (secondary N) is 2. The summed E-state index contributed by atoms with van der Waals surface area (Å²) in [5.41, 5.74) is 1.48. The number of methoxy groups -OCH3 is 1. The molecule has 1 aliphatic rings. The van der Waals surface area contributed by atoms with Gasteiger partial charge in [0.2, 0.25) is 0 Å². The van der Waals surface area contributed by atoms with E-state index in [0.29, 0.717) is 41.8 Å². The molecule has 34 heavy (non-hydrogen) atoms. The Kier molecular flexibility index (Phi) is 9.72. The van der Waals surface area contributed by atoms with Crippen LogP contribution in [0.5, 0.6) is 11.5 Å². The van der Waals surface area contributed by atoms with Crippen molar-refractivity contribution in [3.05, 3.63) is 40.3 Å². The smallest absolute Gasteiger partial charge is 0.344 e. The fraction of sp³-hybridized carbons (Fsp3) is 0.458. The number of carbonyl (C=O) groups is 3. The van der Waals surface area contributed by atoms with E-state index in [-0.39, 0.29) is 12.5 Å². The van der Waals surface area contributed by atoms with E-state index in [0.717, 1.165) is 36.1 Å². The SMILES string of the molecule is CCOc1ccc(OCC(=O)OCC(=O)Nc2sc3c(c2C(=O)NCCOC)CCCC3)cc1. The number of hydrogen-bond acceptors (Lipinski definition) is 8. The van der Waals surface area contributed by atoms with Crippen LogP contribution in [0, 0.1) is 0 Å². The Bertz CT molecular complexity index is 988. The Morgan fingerprint density at radius 1 is 1.00 bits per heavy atom. The van der Waals surface area contributed by atoms with Gasteiger partial charge < -0.3 is 29.6 Å². The summed E-state index contributed by atoms with van der Waals surface area (Å²) in [7, 11) is 1.56. The van der Waals surface area contributed by atoms with Gasteiger partial charge in [-0.15, -0.1) is 11.3 Å². The van der Waals surface area contributed by atoms with Crippen molar-refractivity contribution in [2.45, 2.75) is 32.6 Å². The highest BCUT2D eigenvalue weighted by Crippen LogP contribution is 2.38. The maximum absolute atomic E-state index is 12.8. The third-order valence-electron chi connectivity index (χ3n) is 5.10. The van der Waals surface area contributed by atoms with E-state index in [1.807, 2.05) is 6.92 Å².